The minimum atomic E-state index is -0.0322. The van der Waals surface area contributed by atoms with Gasteiger partial charge in [0.25, 0.3) is 0 Å². The first-order valence-corrected chi connectivity index (χ1v) is 9.73. The van der Waals surface area contributed by atoms with Gasteiger partial charge in [-0.1, -0.05) is 47.5 Å². The zero-order valence-electron chi connectivity index (χ0n) is 15.2. The second kappa shape index (κ2) is 9.20. The molecule has 0 bridgehead atoms. The highest BCUT2D eigenvalue weighted by Gasteiger charge is 2.19. The van der Waals surface area contributed by atoms with E-state index in [0.29, 0.717) is 18.0 Å². The van der Waals surface area contributed by atoms with Crippen LogP contribution in [0.1, 0.15) is 30.4 Å². The van der Waals surface area contributed by atoms with Crippen molar-refractivity contribution in [1.82, 2.24) is 5.32 Å². The van der Waals surface area contributed by atoms with Crippen LogP contribution in [0.5, 0.6) is 0 Å². The van der Waals surface area contributed by atoms with Crippen molar-refractivity contribution in [2.45, 2.75) is 31.7 Å². The Hall–Kier alpha value is -2.10. The lowest BCUT2D eigenvalue weighted by Gasteiger charge is -2.19. The largest absolute Gasteiger partial charge is 0.355 e. The van der Waals surface area contributed by atoms with Crippen molar-refractivity contribution in [3.8, 4) is 0 Å². The van der Waals surface area contributed by atoms with Crippen molar-refractivity contribution in [2.24, 2.45) is 4.99 Å². The van der Waals surface area contributed by atoms with Crippen LogP contribution in [0.4, 0.5) is 0 Å². The maximum absolute atomic E-state index is 12.4. The van der Waals surface area contributed by atoms with Crippen molar-refractivity contribution in [2.75, 3.05) is 6.54 Å². The highest BCUT2D eigenvalue weighted by Crippen LogP contribution is 2.23. The van der Waals surface area contributed by atoms with E-state index >= 15 is 0 Å². The lowest BCUT2D eigenvalue weighted by atomic mass is 9.92. The maximum Gasteiger partial charge on any atom is 0.222 e. The molecule has 1 unspecified atom stereocenters. The molecule has 140 valence electrons. The number of rotatable bonds is 7. The first-order chi connectivity index (χ1) is 13.0. The Morgan fingerprint density at radius 3 is 2.30 bits per heavy atom. The summed E-state index contributed by atoms with van der Waals surface area (Å²) in [4.78, 5) is 16.7. The summed E-state index contributed by atoms with van der Waals surface area (Å²) < 4.78 is 0. The smallest absolute Gasteiger partial charge is 0.222 e. The van der Waals surface area contributed by atoms with Crippen LogP contribution in [0.15, 0.2) is 65.2 Å². The molecule has 3 nitrogen and oxygen atoms in total. The lowest BCUT2D eigenvalue weighted by molar-refractivity contribution is -0.121. The number of carbonyl (C=O) groups excluding carboxylic acids is 1. The zero-order valence-corrected chi connectivity index (χ0v) is 16.7. The fourth-order valence-electron chi connectivity index (χ4n) is 3.14. The van der Waals surface area contributed by atoms with Crippen molar-refractivity contribution in [3.63, 3.8) is 0 Å². The van der Waals surface area contributed by atoms with Crippen LogP contribution in [-0.4, -0.2) is 24.7 Å². The SMILES string of the molecule is CC1=CC=NC1CC(=O)NC[C@H](Cc1ccc(Cl)cc1)c1ccc(Cl)cc1. The number of amides is 1. The average molecular weight is 401 g/mol. The predicted octanol–water partition coefficient (Wildman–Crippen LogP) is 5.23. The molecule has 1 amide bonds. The number of carbonyl (C=O) groups is 1. The Balaban J connectivity index is 1.66. The molecule has 2 atom stereocenters. The van der Waals surface area contributed by atoms with Crippen LogP contribution in [-0.2, 0) is 11.2 Å². The van der Waals surface area contributed by atoms with E-state index in [4.69, 9.17) is 23.2 Å². The van der Waals surface area contributed by atoms with Crippen LogP contribution >= 0.6 is 23.2 Å². The Labute approximate surface area is 170 Å². The second-order valence-electron chi connectivity index (χ2n) is 6.81. The molecule has 3 rings (SSSR count). The van der Waals surface area contributed by atoms with Gasteiger partial charge in [0.15, 0.2) is 0 Å². The first-order valence-electron chi connectivity index (χ1n) is 8.98. The molecule has 5 heteroatoms. The second-order valence-corrected chi connectivity index (χ2v) is 7.68. The molecular weight excluding hydrogens is 379 g/mol. The van der Waals surface area contributed by atoms with Gasteiger partial charge in [0.1, 0.15) is 0 Å². The Bertz CT molecular complexity index is 842. The average Bonchev–Trinajstić information content (AvgIpc) is 3.05. The summed E-state index contributed by atoms with van der Waals surface area (Å²) in [6, 6.07) is 15.6. The molecule has 1 N–H and O–H groups in total. The fourth-order valence-corrected chi connectivity index (χ4v) is 3.39. The van der Waals surface area contributed by atoms with Gasteiger partial charge < -0.3 is 5.32 Å². The van der Waals surface area contributed by atoms with Crippen molar-refractivity contribution >= 4 is 35.3 Å². The topological polar surface area (TPSA) is 41.5 Å². The Kier molecular flexibility index (Phi) is 6.70. The summed E-state index contributed by atoms with van der Waals surface area (Å²) in [7, 11) is 0. The molecule has 0 fully saturated rings. The van der Waals surface area contributed by atoms with Crippen LogP contribution < -0.4 is 5.32 Å². The summed E-state index contributed by atoms with van der Waals surface area (Å²) in [5.74, 6) is 0.165. The maximum atomic E-state index is 12.4. The number of hydrogen-bond donors (Lipinski definition) is 1. The molecule has 0 saturated carbocycles. The molecule has 0 saturated heterocycles. The van der Waals surface area contributed by atoms with Gasteiger partial charge in [0.05, 0.1) is 12.5 Å². The van der Waals surface area contributed by atoms with E-state index in [1.807, 2.05) is 61.5 Å². The quantitative estimate of drug-likeness (QED) is 0.679. The lowest BCUT2D eigenvalue weighted by Crippen LogP contribution is -2.31. The summed E-state index contributed by atoms with van der Waals surface area (Å²) in [6.07, 6.45) is 4.91. The fraction of sp³-hybridized carbons (Fsp3) is 0.273. The molecule has 2 aromatic carbocycles. The molecule has 1 aliphatic rings. The van der Waals surface area contributed by atoms with E-state index < -0.39 is 0 Å². The number of benzene rings is 2. The monoisotopic (exact) mass is 400 g/mol. The molecule has 1 heterocycles. The zero-order chi connectivity index (χ0) is 19.2. The van der Waals surface area contributed by atoms with Crippen molar-refractivity contribution < 1.29 is 4.79 Å². The van der Waals surface area contributed by atoms with Crippen LogP contribution in [0.2, 0.25) is 10.0 Å². The van der Waals surface area contributed by atoms with E-state index in [2.05, 4.69) is 10.3 Å². The van der Waals surface area contributed by atoms with Gasteiger partial charge in [-0.15, -0.1) is 0 Å². The van der Waals surface area contributed by atoms with Crippen LogP contribution in [0.3, 0.4) is 0 Å². The Morgan fingerprint density at radius 1 is 1.07 bits per heavy atom. The molecule has 0 spiro atoms. The number of halogens is 2. The number of aliphatic imine (C=N–C) groups is 1. The third kappa shape index (κ3) is 5.69. The molecule has 2 aromatic rings. The van der Waals surface area contributed by atoms with Gasteiger partial charge in [-0.25, -0.2) is 0 Å². The van der Waals surface area contributed by atoms with Crippen LogP contribution in [0, 0.1) is 0 Å². The van der Waals surface area contributed by atoms with Gasteiger partial charge in [0, 0.05) is 28.7 Å². The molecule has 27 heavy (non-hydrogen) atoms. The summed E-state index contributed by atoms with van der Waals surface area (Å²) >= 11 is 12.0. The standard InChI is InChI=1S/C22H22Cl2N2O/c1-15-10-11-25-21(15)13-22(27)26-14-18(17-4-8-20(24)9-5-17)12-16-2-6-19(23)7-3-16/h2-11,18,21H,12-14H2,1H3,(H,26,27)/t18-,21?/m0/s1. The molecule has 0 aliphatic carbocycles. The third-order valence-electron chi connectivity index (χ3n) is 4.79. The van der Waals surface area contributed by atoms with E-state index in [0.717, 1.165) is 22.6 Å². The minimum Gasteiger partial charge on any atom is -0.355 e. The number of hydrogen-bond acceptors (Lipinski definition) is 2. The highest BCUT2D eigenvalue weighted by atomic mass is 35.5. The summed E-state index contributed by atoms with van der Waals surface area (Å²) in [5, 5.41) is 4.50. The minimum absolute atomic E-state index is 0.0156. The normalized spacial score (nSPS) is 16.9. The number of nitrogens with zero attached hydrogens (tertiary/aromatic N) is 1. The van der Waals surface area contributed by atoms with E-state index in [-0.39, 0.29) is 17.9 Å². The summed E-state index contributed by atoms with van der Waals surface area (Å²) in [5.41, 5.74) is 3.44. The number of allylic oxidation sites excluding steroid dienone is 1. The van der Waals surface area contributed by atoms with Gasteiger partial charge in [-0.3, -0.25) is 9.79 Å². The van der Waals surface area contributed by atoms with E-state index in [1.165, 1.54) is 5.56 Å². The van der Waals surface area contributed by atoms with Crippen LogP contribution in [0.25, 0.3) is 0 Å². The first kappa shape index (κ1) is 19.7. The summed E-state index contributed by atoms with van der Waals surface area (Å²) in [6.45, 7) is 2.56. The van der Waals surface area contributed by atoms with E-state index in [1.54, 1.807) is 6.21 Å². The van der Waals surface area contributed by atoms with Gasteiger partial charge in [-0.2, -0.15) is 0 Å². The molecule has 1 aliphatic heterocycles. The Morgan fingerprint density at radius 2 is 1.70 bits per heavy atom. The highest BCUT2D eigenvalue weighted by molar-refractivity contribution is 6.30. The molecule has 0 radical (unpaired) electrons. The third-order valence-corrected chi connectivity index (χ3v) is 5.29. The molecule has 0 aromatic heterocycles. The molecular formula is C22H22Cl2N2O. The number of nitrogens with one attached hydrogen (secondary N) is 1. The van der Waals surface area contributed by atoms with Gasteiger partial charge in [-0.05, 0) is 60.4 Å². The predicted molar refractivity (Wildman–Crippen MR) is 113 cm³/mol. The van der Waals surface area contributed by atoms with Crippen molar-refractivity contribution in [1.29, 1.82) is 0 Å². The van der Waals surface area contributed by atoms with Gasteiger partial charge >= 0.3 is 0 Å². The van der Waals surface area contributed by atoms with E-state index in [9.17, 15) is 4.79 Å². The van der Waals surface area contributed by atoms with Gasteiger partial charge in [0.2, 0.25) is 5.91 Å². The van der Waals surface area contributed by atoms with Crippen molar-refractivity contribution in [3.05, 3.63) is 81.4 Å².